The van der Waals surface area contributed by atoms with Crippen LogP contribution in [0.1, 0.15) is 6.92 Å². The van der Waals surface area contributed by atoms with Gasteiger partial charge in [0, 0.05) is 19.2 Å². The van der Waals surface area contributed by atoms with Crippen molar-refractivity contribution < 1.29 is 9.53 Å². The summed E-state index contributed by atoms with van der Waals surface area (Å²) in [5.41, 5.74) is -0.244. The second kappa shape index (κ2) is 3.66. The van der Waals surface area contributed by atoms with E-state index in [2.05, 4.69) is 9.72 Å². The van der Waals surface area contributed by atoms with Gasteiger partial charge in [0.15, 0.2) is 6.73 Å². The fourth-order valence-electron chi connectivity index (χ4n) is 0.636. The summed E-state index contributed by atoms with van der Waals surface area (Å²) < 4.78 is 5.79. The Kier molecular flexibility index (Phi) is 2.57. The van der Waals surface area contributed by atoms with Gasteiger partial charge in [-0.1, -0.05) is 0 Å². The Balaban J connectivity index is 2.70. The molecule has 1 aromatic rings. The first-order valence-corrected chi connectivity index (χ1v) is 3.34. The van der Waals surface area contributed by atoms with Crippen molar-refractivity contribution >= 4 is 5.97 Å². The molecule has 0 unspecified atom stereocenters. The van der Waals surface area contributed by atoms with Gasteiger partial charge >= 0.3 is 5.97 Å². The van der Waals surface area contributed by atoms with Crippen molar-refractivity contribution in [1.82, 2.24) is 9.55 Å². The Morgan fingerprint density at radius 3 is 3.08 bits per heavy atom. The van der Waals surface area contributed by atoms with Gasteiger partial charge in [-0.2, -0.15) is 0 Å². The van der Waals surface area contributed by atoms with E-state index in [0.717, 1.165) is 0 Å². The lowest BCUT2D eigenvalue weighted by Crippen LogP contribution is -2.21. The average Bonchev–Trinajstić information content (AvgIpc) is 2.03. The molecule has 12 heavy (non-hydrogen) atoms. The highest BCUT2D eigenvalue weighted by molar-refractivity contribution is 5.65. The minimum Gasteiger partial charge on any atom is -0.444 e. The summed E-state index contributed by atoms with van der Waals surface area (Å²) in [5, 5.41) is 0. The van der Waals surface area contributed by atoms with Gasteiger partial charge in [0.1, 0.15) is 6.33 Å². The maximum Gasteiger partial charge on any atom is 0.304 e. The largest absolute Gasteiger partial charge is 0.444 e. The molecule has 0 spiro atoms. The molecule has 0 aliphatic carbocycles. The molecule has 0 aliphatic heterocycles. The minimum atomic E-state index is -0.425. The summed E-state index contributed by atoms with van der Waals surface area (Å²) in [6.45, 7) is 1.20. The maximum absolute atomic E-state index is 11.0. The number of hydrogen-bond acceptors (Lipinski definition) is 4. The Morgan fingerprint density at radius 1 is 1.75 bits per heavy atom. The van der Waals surface area contributed by atoms with Gasteiger partial charge in [-0.25, -0.2) is 4.98 Å². The van der Waals surface area contributed by atoms with Gasteiger partial charge < -0.3 is 4.74 Å². The van der Waals surface area contributed by atoms with Gasteiger partial charge in [-0.15, -0.1) is 0 Å². The number of carbonyl (C=O) groups is 1. The van der Waals surface area contributed by atoms with E-state index in [4.69, 9.17) is 0 Å². The Labute approximate surface area is 68.6 Å². The maximum atomic E-state index is 11.0. The van der Waals surface area contributed by atoms with E-state index in [-0.39, 0.29) is 12.3 Å². The van der Waals surface area contributed by atoms with Crippen LogP contribution < -0.4 is 5.56 Å². The first-order valence-electron chi connectivity index (χ1n) is 3.34. The molecular weight excluding hydrogens is 160 g/mol. The second-order valence-electron chi connectivity index (χ2n) is 2.15. The van der Waals surface area contributed by atoms with Gasteiger partial charge in [0.05, 0.1) is 0 Å². The lowest BCUT2D eigenvalue weighted by molar-refractivity contribution is -0.144. The topological polar surface area (TPSA) is 61.2 Å². The zero-order chi connectivity index (χ0) is 8.97. The summed E-state index contributed by atoms with van der Waals surface area (Å²) in [5.74, 6) is -0.425. The lowest BCUT2D eigenvalue weighted by Gasteiger charge is -2.02. The van der Waals surface area contributed by atoms with E-state index >= 15 is 0 Å². The molecule has 0 saturated heterocycles. The summed E-state index contributed by atoms with van der Waals surface area (Å²) in [6, 6.07) is 1.30. The molecule has 0 radical (unpaired) electrons. The van der Waals surface area contributed by atoms with Crippen LogP contribution in [0, 0.1) is 0 Å². The lowest BCUT2D eigenvalue weighted by atomic mass is 10.6. The van der Waals surface area contributed by atoms with Crippen LogP contribution in [0.15, 0.2) is 23.4 Å². The smallest absolute Gasteiger partial charge is 0.304 e. The molecule has 1 aromatic heterocycles. The third-order valence-electron chi connectivity index (χ3n) is 1.20. The molecule has 0 saturated carbocycles. The van der Waals surface area contributed by atoms with Crippen molar-refractivity contribution in [3.05, 3.63) is 28.9 Å². The monoisotopic (exact) mass is 168 g/mol. The second-order valence-corrected chi connectivity index (χ2v) is 2.15. The van der Waals surface area contributed by atoms with Crippen molar-refractivity contribution in [3.8, 4) is 0 Å². The van der Waals surface area contributed by atoms with E-state index in [9.17, 15) is 9.59 Å². The molecule has 0 atom stereocenters. The van der Waals surface area contributed by atoms with Crippen LogP contribution >= 0.6 is 0 Å². The normalized spacial score (nSPS) is 9.42. The average molecular weight is 168 g/mol. The van der Waals surface area contributed by atoms with E-state index in [1.165, 1.54) is 30.1 Å². The quantitative estimate of drug-likeness (QED) is 0.572. The van der Waals surface area contributed by atoms with Crippen LogP contribution in [-0.4, -0.2) is 15.5 Å². The summed E-state index contributed by atoms with van der Waals surface area (Å²) in [6.07, 6.45) is 2.69. The highest BCUT2D eigenvalue weighted by atomic mass is 16.5. The van der Waals surface area contributed by atoms with Crippen LogP contribution in [0.4, 0.5) is 0 Å². The number of hydrogen-bond donors (Lipinski definition) is 0. The molecule has 0 N–H and O–H groups in total. The Hall–Kier alpha value is -1.65. The summed E-state index contributed by atoms with van der Waals surface area (Å²) >= 11 is 0. The Morgan fingerprint density at radius 2 is 2.50 bits per heavy atom. The molecule has 5 heteroatoms. The predicted molar refractivity (Wildman–Crippen MR) is 40.3 cm³/mol. The van der Waals surface area contributed by atoms with Crippen LogP contribution in [0.2, 0.25) is 0 Å². The fourth-order valence-corrected chi connectivity index (χ4v) is 0.636. The zero-order valence-corrected chi connectivity index (χ0v) is 6.56. The molecule has 5 nitrogen and oxygen atoms in total. The van der Waals surface area contributed by atoms with Crippen LogP contribution in [0.5, 0.6) is 0 Å². The number of aromatic nitrogens is 2. The molecule has 0 fully saturated rings. The molecule has 1 rings (SSSR count). The van der Waals surface area contributed by atoms with Crippen LogP contribution in [0.3, 0.4) is 0 Å². The number of esters is 1. The number of ether oxygens (including phenoxy) is 1. The molecule has 64 valence electrons. The van der Waals surface area contributed by atoms with E-state index in [1.807, 2.05) is 0 Å². The standard InChI is InChI=1S/C7H8N2O3/c1-6(10)12-5-9-4-8-3-2-7(9)11/h2-4H,5H2,1H3. The third-order valence-corrected chi connectivity index (χ3v) is 1.20. The van der Waals surface area contributed by atoms with Crippen LogP contribution in [-0.2, 0) is 16.3 Å². The molecular formula is C7H8N2O3. The zero-order valence-electron chi connectivity index (χ0n) is 6.56. The van der Waals surface area contributed by atoms with Crippen molar-refractivity contribution in [2.75, 3.05) is 0 Å². The predicted octanol–water partition coefficient (Wildman–Crippen LogP) is -0.236. The first kappa shape index (κ1) is 8.45. The van der Waals surface area contributed by atoms with E-state index in [1.54, 1.807) is 0 Å². The van der Waals surface area contributed by atoms with Crippen molar-refractivity contribution in [2.24, 2.45) is 0 Å². The molecule has 0 aliphatic rings. The van der Waals surface area contributed by atoms with Crippen molar-refractivity contribution in [2.45, 2.75) is 13.7 Å². The van der Waals surface area contributed by atoms with Gasteiger partial charge in [-0.3, -0.25) is 14.2 Å². The molecule has 0 bridgehead atoms. The SMILES string of the molecule is CC(=O)OCn1cnccc1=O. The number of nitrogens with zero attached hydrogens (tertiary/aromatic N) is 2. The van der Waals surface area contributed by atoms with E-state index in [0.29, 0.717) is 0 Å². The highest BCUT2D eigenvalue weighted by Crippen LogP contribution is 1.81. The molecule has 0 amide bonds. The fraction of sp³-hybridized carbons (Fsp3) is 0.286. The van der Waals surface area contributed by atoms with Crippen molar-refractivity contribution in [3.63, 3.8) is 0 Å². The third kappa shape index (κ3) is 2.19. The molecule has 1 heterocycles. The van der Waals surface area contributed by atoms with E-state index < -0.39 is 5.97 Å². The first-order chi connectivity index (χ1) is 5.70. The summed E-state index contributed by atoms with van der Waals surface area (Å²) in [4.78, 5) is 25.0. The van der Waals surface area contributed by atoms with Crippen molar-refractivity contribution in [1.29, 1.82) is 0 Å². The Bertz CT molecular complexity index is 331. The van der Waals surface area contributed by atoms with Gasteiger partial charge in [0.2, 0.25) is 0 Å². The van der Waals surface area contributed by atoms with Gasteiger partial charge in [0.25, 0.3) is 5.56 Å². The van der Waals surface area contributed by atoms with Crippen LogP contribution in [0.25, 0.3) is 0 Å². The highest BCUT2D eigenvalue weighted by Gasteiger charge is 1.95. The number of carbonyl (C=O) groups excluding carboxylic acids is 1. The van der Waals surface area contributed by atoms with Gasteiger partial charge in [-0.05, 0) is 0 Å². The molecule has 0 aromatic carbocycles. The number of rotatable bonds is 2. The summed E-state index contributed by atoms with van der Waals surface area (Å²) in [7, 11) is 0. The minimum absolute atomic E-state index is 0.0813.